The van der Waals surface area contributed by atoms with Gasteiger partial charge in [0, 0.05) is 36.6 Å². The van der Waals surface area contributed by atoms with E-state index < -0.39 is 10.2 Å². The Hall–Kier alpha value is -2.17. The standard InChI is InChI=1S/C21H23Cl2N5O3S/c1-24-21(26-32(29,30)27-9-11-31-12-10-27)28-14-18(15-5-3-2-4-6-15)20(25-28)17-8-7-16(22)13-19(17)23/h2-8,13,18H,9-12,14H2,1H3,(H,24,26). The van der Waals surface area contributed by atoms with Crippen LogP contribution >= 0.6 is 23.2 Å². The number of ether oxygens (including phenoxy) is 1. The first-order chi connectivity index (χ1) is 15.4. The molecule has 1 fully saturated rings. The molecule has 2 aromatic carbocycles. The largest absolute Gasteiger partial charge is 0.379 e. The van der Waals surface area contributed by atoms with E-state index in [-0.39, 0.29) is 25.0 Å². The highest BCUT2D eigenvalue weighted by atomic mass is 35.5. The summed E-state index contributed by atoms with van der Waals surface area (Å²) in [5, 5.41) is 7.30. The second kappa shape index (κ2) is 9.76. The summed E-state index contributed by atoms with van der Waals surface area (Å²) >= 11 is 12.6. The lowest BCUT2D eigenvalue weighted by Gasteiger charge is -2.27. The number of hydrazone groups is 1. The van der Waals surface area contributed by atoms with Crippen LogP contribution in [0.4, 0.5) is 0 Å². The molecule has 2 aliphatic rings. The molecule has 4 rings (SSSR count). The minimum atomic E-state index is -3.79. The van der Waals surface area contributed by atoms with E-state index in [1.165, 1.54) is 11.4 Å². The van der Waals surface area contributed by atoms with Gasteiger partial charge in [-0.2, -0.15) is 17.8 Å². The van der Waals surface area contributed by atoms with Gasteiger partial charge in [0.15, 0.2) is 0 Å². The molecule has 1 atom stereocenters. The number of nitrogens with one attached hydrogen (secondary N) is 1. The number of benzene rings is 2. The maximum Gasteiger partial charge on any atom is 0.304 e. The molecule has 0 radical (unpaired) electrons. The minimum Gasteiger partial charge on any atom is -0.379 e. The van der Waals surface area contributed by atoms with Crippen LogP contribution in [-0.2, 0) is 14.9 Å². The van der Waals surface area contributed by atoms with Crippen LogP contribution in [0.3, 0.4) is 0 Å². The number of hydrogen-bond acceptors (Lipinski definition) is 5. The average Bonchev–Trinajstić information content (AvgIpc) is 3.23. The predicted molar refractivity (Wildman–Crippen MR) is 127 cm³/mol. The summed E-state index contributed by atoms with van der Waals surface area (Å²) in [5.74, 6) is -0.00275. The number of morpholine rings is 1. The zero-order valence-corrected chi connectivity index (χ0v) is 19.7. The summed E-state index contributed by atoms with van der Waals surface area (Å²) in [6.07, 6.45) is 0. The van der Waals surface area contributed by atoms with Crippen molar-refractivity contribution in [3.8, 4) is 0 Å². The smallest absolute Gasteiger partial charge is 0.304 e. The van der Waals surface area contributed by atoms with Crippen molar-refractivity contribution >= 4 is 45.1 Å². The van der Waals surface area contributed by atoms with Gasteiger partial charge in [-0.15, -0.1) is 0 Å². The Kier molecular flexibility index (Phi) is 7.02. The molecule has 2 heterocycles. The summed E-state index contributed by atoms with van der Waals surface area (Å²) in [7, 11) is -2.27. The van der Waals surface area contributed by atoms with E-state index in [4.69, 9.17) is 33.0 Å². The Morgan fingerprint density at radius 3 is 2.53 bits per heavy atom. The molecule has 0 aromatic heterocycles. The zero-order valence-electron chi connectivity index (χ0n) is 17.4. The van der Waals surface area contributed by atoms with Crippen molar-refractivity contribution in [2.45, 2.75) is 5.92 Å². The van der Waals surface area contributed by atoms with Gasteiger partial charge in [0.2, 0.25) is 5.96 Å². The quantitative estimate of drug-likeness (QED) is 0.521. The molecule has 2 aromatic rings. The molecule has 32 heavy (non-hydrogen) atoms. The third kappa shape index (κ3) is 4.92. The monoisotopic (exact) mass is 495 g/mol. The van der Waals surface area contributed by atoms with Crippen LogP contribution in [-0.4, -0.2) is 69.3 Å². The van der Waals surface area contributed by atoms with Crippen LogP contribution in [0.15, 0.2) is 58.6 Å². The maximum atomic E-state index is 12.9. The Balaban J connectivity index is 1.66. The van der Waals surface area contributed by atoms with Crippen molar-refractivity contribution in [2.24, 2.45) is 10.1 Å². The predicted octanol–water partition coefficient (Wildman–Crippen LogP) is 2.95. The molecule has 1 unspecified atom stereocenters. The number of halogens is 2. The number of guanidine groups is 1. The number of hydrogen-bond donors (Lipinski definition) is 1. The van der Waals surface area contributed by atoms with E-state index in [1.807, 2.05) is 36.4 Å². The number of nitrogens with zero attached hydrogens (tertiary/aromatic N) is 4. The van der Waals surface area contributed by atoms with E-state index >= 15 is 0 Å². The number of aliphatic imine (C=N–C) groups is 1. The maximum absolute atomic E-state index is 12.9. The molecule has 0 saturated carbocycles. The molecule has 1 saturated heterocycles. The number of rotatable bonds is 4. The summed E-state index contributed by atoms with van der Waals surface area (Å²) in [5.41, 5.74) is 2.48. The lowest BCUT2D eigenvalue weighted by Crippen LogP contribution is -2.51. The topological polar surface area (TPSA) is 86.6 Å². The van der Waals surface area contributed by atoms with Crippen LogP contribution in [0, 0.1) is 0 Å². The van der Waals surface area contributed by atoms with Gasteiger partial charge in [-0.05, 0) is 17.7 Å². The van der Waals surface area contributed by atoms with Crippen molar-refractivity contribution in [1.82, 2.24) is 14.0 Å². The van der Waals surface area contributed by atoms with Crippen LogP contribution in [0.2, 0.25) is 10.0 Å². The normalized spacial score (nSPS) is 20.3. The van der Waals surface area contributed by atoms with Crippen LogP contribution in [0.5, 0.6) is 0 Å². The Labute approximate surface area is 197 Å². The highest BCUT2D eigenvalue weighted by Gasteiger charge is 2.34. The highest BCUT2D eigenvalue weighted by Crippen LogP contribution is 2.32. The highest BCUT2D eigenvalue weighted by molar-refractivity contribution is 7.87. The molecular formula is C21H23Cl2N5O3S. The Morgan fingerprint density at radius 2 is 1.88 bits per heavy atom. The fourth-order valence-corrected chi connectivity index (χ4v) is 5.39. The first-order valence-electron chi connectivity index (χ1n) is 10.1. The molecule has 0 bridgehead atoms. The second-order valence-electron chi connectivity index (χ2n) is 7.32. The second-order valence-corrected chi connectivity index (χ2v) is 9.83. The molecule has 1 N–H and O–H groups in total. The molecule has 0 spiro atoms. The van der Waals surface area contributed by atoms with Crippen LogP contribution in [0.1, 0.15) is 17.0 Å². The fourth-order valence-electron chi connectivity index (χ4n) is 3.70. The molecule has 0 aliphatic carbocycles. The van der Waals surface area contributed by atoms with Gasteiger partial charge >= 0.3 is 10.2 Å². The van der Waals surface area contributed by atoms with Crippen molar-refractivity contribution in [2.75, 3.05) is 39.9 Å². The summed E-state index contributed by atoms with van der Waals surface area (Å²) in [6.45, 7) is 1.69. The molecule has 2 aliphatic heterocycles. The van der Waals surface area contributed by atoms with E-state index in [1.54, 1.807) is 17.1 Å². The van der Waals surface area contributed by atoms with Gasteiger partial charge < -0.3 is 4.74 Å². The van der Waals surface area contributed by atoms with Crippen LogP contribution in [0.25, 0.3) is 0 Å². The summed E-state index contributed by atoms with van der Waals surface area (Å²) < 4.78 is 34.9. The average molecular weight is 496 g/mol. The third-order valence-electron chi connectivity index (χ3n) is 5.31. The molecule has 8 nitrogen and oxygen atoms in total. The van der Waals surface area contributed by atoms with Crippen LogP contribution < -0.4 is 4.72 Å². The van der Waals surface area contributed by atoms with E-state index in [2.05, 4.69) is 9.71 Å². The van der Waals surface area contributed by atoms with Gasteiger partial charge in [-0.3, -0.25) is 4.99 Å². The Bertz CT molecular complexity index is 1140. The zero-order chi connectivity index (χ0) is 22.7. The lowest BCUT2D eigenvalue weighted by molar-refractivity contribution is 0.0727. The lowest BCUT2D eigenvalue weighted by atomic mass is 9.90. The van der Waals surface area contributed by atoms with Crippen molar-refractivity contribution in [3.05, 3.63) is 69.7 Å². The summed E-state index contributed by atoms with van der Waals surface area (Å²) in [4.78, 5) is 4.18. The molecule has 0 amide bonds. The first kappa shape index (κ1) is 23.0. The molecular weight excluding hydrogens is 473 g/mol. The van der Waals surface area contributed by atoms with Gasteiger partial charge in [0.25, 0.3) is 0 Å². The van der Waals surface area contributed by atoms with Crippen molar-refractivity contribution in [3.63, 3.8) is 0 Å². The van der Waals surface area contributed by atoms with E-state index in [0.717, 1.165) is 11.1 Å². The van der Waals surface area contributed by atoms with E-state index in [9.17, 15) is 8.42 Å². The third-order valence-corrected chi connectivity index (χ3v) is 7.34. The molecule has 170 valence electrons. The Morgan fingerprint density at radius 1 is 1.16 bits per heavy atom. The fraction of sp³-hybridized carbons (Fsp3) is 0.333. The van der Waals surface area contributed by atoms with E-state index in [0.29, 0.717) is 35.5 Å². The van der Waals surface area contributed by atoms with Gasteiger partial charge in [-0.1, -0.05) is 59.6 Å². The SMILES string of the molecule is CN=C(NS(=O)(=O)N1CCOCC1)N1CC(c2ccccc2)C(c2ccc(Cl)cc2Cl)=N1. The first-order valence-corrected chi connectivity index (χ1v) is 12.3. The summed E-state index contributed by atoms with van der Waals surface area (Å²) in [6, 6.07) is 15.1. The van der Waals surface area contributed by atoms with Gasteiger partial charge in [0.1, 0.15) is 0 Å². The molecule has 11 heteroatoms. The van der Waals surface area contributed by atoms with Gasteiger partial charge in [0.05, 0.1) is 30.5 Å². The minimum absolute atomic E-state index is 0.137. The van der Waals surface area contributed by atoms with Crippen molar-refractivity contribution in [1.29, 1.82) is 0 Å². The van der Waals surface area contributed by atoms with Gasteiger partial charge in [-0.25, -0.2) is 9.73 Å². The van der Waals surface area contributed by atoms with Crippen molar-refractivity contribution < 1.29 is 13.2 Å².